The summed E-state index contributed by atoms with van der Waals surface area (Å²) in [5, 5.41) is 0. The summed E-state index contributed by atoms with van der Waals surface area (Å²) >= 11 is 0. The normalized spacial score (nSPS) is 12.0. The van der Waals surface area contributed by atoms with E-state index in [1.54, 1.807) is 30.3 Å². The number of rotatable bonds is 4. The molecule has 0 heterocycles. The molecule has 0 aromatic heterocycles. The molecule has 0 fully saturated rings. The highest BCUT2D eigenvalue weighted by Gasteiger charge is 2.30. The Morgan fingerprint density at radius 1 is 1.00 bits per heavy atom. The van der Waals surface area contributed by atoms with E-state index in [1.807, 2.05) is 0 Å². The molecule has 2 aromatic carbocycles. The van der Waals surface area contributed by atoms with Crippen LogP contribution in [0, 0.1) is 0 Å². The van der Waals surface area contributed by atoms with E-state index in [2.05, 4.69) is 4.99 Å². The van der Waals surface area contributed by atoms with Crippen molar-refractivity contribution < 1.29 is 18.0 Å². The summed E-state index contributed by atoms with van der Waals surface area (Å²) < 4.78 is 37.9. The van der Waals surface area contributed by atoms with Crippen molar-refractivity contribution in [1.29, 1.82) is 0 Å². The number of benzene rings is 2. The van der Waals surface area contributed by atoms with Gasteiger partial charge in [-0.2, -0.15) is 18.2 Å². The molecule has 0 aliphatic heterocycles. The maximum Gasteiger partial charge on any atom is 0.416 e. The monoisotopic (exact) mass is 371 g/mol. The molecule has 0 radical (unpaired) electrons. The first-order valence-electron chi connectivity index (χ1n) is 7.12. The molecule has 25 heavy (non-hydrogen) atoms. The Labute approximate surface area is 149 Å². The molecule has 1 atom stereocenters. The maximum absolute atomic E-state index is 12.6. The average molecular weight is 372 g/mol. The van der Waals surface area contributed by atoms with Crippen LogP contribution in [-0.4, -0.2) is 11.9 Å². The fourth-order valence-corrected chi connectivity index (χ4v) is 2.30. The number of halogens is 4. The van der Waals surface area contributed by atoms with Gasteiger partial charge in [0.1, 0.15) is 0 Å². The minimum absolute atomic E-state index is 0. The van der Waals surface area contributed by atoms with E-state index in [0.29, 0.717) is 11.1 Å². The number of hydrogen-bond donors (Lipinski definition) is 2. The number of nitrogens with zero attached hydrogens (tertiary/aromatic N) is 1. The van der Waals surface area contributed by atoms with Crippen molar-refractivity contribution in [3.63, 3.8) is 0 Å². The van der Waals surface area contributed by atoms with Crippen LogP contribution in [-0.2, 0) is 17.4 Å². The molecule has 2 aromatic rings. The molecule has 0 saturated carbocycles. The van der Waals surface area contributed by atoms with Crippen LogP contribution >= 0.6 is 12.4 Å². The van der Waals surface area contributed by atoms with E-state index in [4.69, 9.17) is 11.5 Å². The number of guanidine groups is 1. The van der Waals surface area contributed by atoms with Crippen LogP contribution in [0.2, 0.25) is 0 Å². The lowest BCUT2D eigenvalue weighted by Gasteiger charge is -2.15. The van der Waals surface area contributed by atoms with E-state index in [-0.39, 0.29) is 24.8 Å². The molecular formula is C17H17ClF3N3O. The molecule has 134 valence electrons. The largest absolute Gasteiger partial charge is 0.416 e. The number of carbonyl (C=O) groups excluding carboxylic acids is 1. The Morgan fingerprint density at radius 2 is 1.56 bits per heavy atom. The molecule has 0 aliphatic rings. The highest BCUT2D eigenvalue weighted by Crippen LogP contribution is 2.30. The number of hydrogen-bond acceptors (Lipinski definition) is 1. The molecule has 8 heteroatoms. The Hall–Kier alpha value is -2.54. The van der Waals surface area contributed by atoms with Gasteiger partial charge in [0, 0.05) is 0 Å². The van der Waals surface area contributed by atoms with Gasteiger partial charge < -0.3 is 11.5 Å². The van der Waals surface area contributed by atoms with Crippen molar-refractivity contribution >= 4 is 24.3 Å². The van der Waals surface area contributed by atoms with Crippen LogP contribution in [0.15, 0.2) is 59.6 Å². The van der Waals surface area contributed by atoms with Crippen LogP contribution in [0.1, 0.15) is 22.6 Å². The van der Waals surface area contributed by atoms with Gasteiger partial charge in [-0.25, -0.2) is 0 Å². The lowest BCUT2D eigenvalue weighted by Crippen LogP contribution is -2.26. The first kappa shape index (κ1) is 20.5. The second-order valence-corrected chi connectivity index (χ2v) is 5.24. The number of alkyl halides is 3. The zero-order valence-corrected chi connectivity index (χ0v) is 13.8. The maximum atomic E-state index is 12.6. The molecule has 0 aliphatic carbocycles. The van der Waals surface area contributed by atoms with E-state index in [9.17, 15) is 18.0 Å². The second-order valence-electron chi connectivity index (χ2n) is 5.24. The van der Waals surface area contributed by atoms with E-state index in [1.165, 1.54) is 12.1 Å². The summed E-state index contributed by atoms with van der Waals surface area (Å²) in [6.45, 7) is 0. The average Bonchev–Trinajstić information content (AvgIpc) is 2.52. The molecule has 0 saturated heterocycles. The second kappa shape index (κ2) is 8.53. The molecule has 0 spiro atoms. The van der Waals surface area contributed by atoms with Crippen LogP contribution in [0.5, 0.6) is 0 Å². The smallest absolute Gasteiger partial charge is 0.370 e. The number of carbonyl (C=O) groups is 1. The van der Waals surface area contributed by atoms with Gasteiger partial charge in [0.05, 0.1) is 11.5 Å². The van der Waals surface area contributed by atoms with Crippen LogP contribution in [0.4, 0.5) is 13.2 Å². The van der Waals surface area contributed by atoms with Gasteiger partial charge >= 0.3 is 6.18 Å². The lowest BCUT2D eigenvalue weighted by atomic mass is 9.91. The summed E-state index contributed by atoms with van der Waals surface area (Å²) in [5.41, 5.74) is 11.0. The van der Waals surface area contributed by atoms with Crippen LogP contribution in [0.25, 0.3) is 0 Å². The van der Waals surface area contributed by atoms with E-state index < -0.39 is 23.6 Å². The summed E-state index contributed by atoms with van der Waals surface area (Å²) in [4.78, 5) is 15.8. The van der Waals surface area contributed by atoms with Crippen molar-refractivity contribution in [2.75, 3.05) is 0 Å². The van der Waals surface area contributed by atoms with Crippen molar-refractivity contribution in [3.8, 4) is 0 Å². The van der Waals surface area contributed by atoms with Gasteiger partial charge in [0.2, 0.25) is 0 Å². The minimum atomic E-state index is -4.40. The quantitative estimate of drug-likeness (QED) is 0.639. The summed E-state index contributed by atoms with van der Waals surface area (Å²) in [6, 6.07) is 13.5. The van der Waals surface area contributed by atoms with E-state index >= 15 is 0 Å². The first-order valence-corrected chi connectivity index (χ1v) is 7.12. The third-order valence-electron chi connectivity index (χ3n) is 3.46. The molecule has 1 unspecified atom stereocenters. The van der Waals surface area contributed by atoms with Crippen molar-refractivity contribution in [3.05, 3.63) is 71.3 Å². The van der Waals surface area contributed by atoms with Gasteiger partial charge in [-0.3, -0.25) is 4.79 Å². The predicted octanol–water partition coefficient (Wildman–Crippen LogP) is 3.25. The van der Waals surface area contributed by atoms with Gasteiger partial charge in [0.25, 0.3) is 5.91 Å². The van der Waals surface area contributed by atoms with Gasteiger partial charge in [-0.05, 0) is 29.7 Å². The molecule has 2 rings (SSSR count). The van der Waals surface area contributed by atoms with Gasteiger partial charge in [-0.15, -0.1) is 12.4 Å². The van der Waals surface area contributed by atoms with E-state index in [0.717, 1.165) is 12.1 Å². The lowest BCUT2D eigenvalue weighted by molar-refractivity contribution is -0.137. The number of aliphatic imine (C=N–C) groups is 1. The summed E-state index contributed by atoms with van der Waals surface area (Å²) in [5.74, 6) is -1.57. The molecule has 1 amide bonds. The number of amides is 1. The predicted molar refractivity (Wildman–Crippen MR) is 92.4 cm³/mol. The molecule has 4 N–H and O–H groups in total. The van der Waals surface area contributed by atoms with Crippen LogP contribution < -0.4 is 11.5 Å². The van der Waals surface area contributed by atoms with Gasteiger partial charge in [0.15, 0.2) is 5.96 Å². The Morgan fingerprint density at radius 3 is 2.04 bits per heavy atom. The third-order valence-corrected chi connectivity index (χ3v) is 3.46. The van der Waals surface area contributed by atoms with Crippen LogP contribution in [0.3, 0.4) is 0 Å². The third kappa shape index (κ3) is 5.79. The number of nitrogens with two attached hydrogens (primary N) is 2. The van der Waals surface area contributed by atoms with Crippen molar-refractivity contribution in [1.82, 2.24) is 0 Å². The molecule has 4 nitrogen and oxygen atoms in total. The van der Waals surface area contributed by atoms with Gasteiger partial charge in [-0.1, -0.05) is 42.5 Å². The zero-order valence-electron chi connectivity index (χ0n) is 13.0. The van der Waals surface area contributed by atoms with Crippen molar-refractivity contribution in [2.24, 2.45) is 16.5 Å². The minimum Gasteiger partial charge on any atom is -0.370 e. The first-order chi connectivity index (χ1) is 11.3. The molecule has 0 bridgehead atoms. The Balaban J connectivity index is 0.00000312. The fourth-order valence-electron chi connectivity index (χ4n) is 2.30. The van der Waals surface area contributed by atoms with Crippen molar-refractivity contribution in [2.45, 2.75) is 18.5 Å². The zero-order chi connectivity index (χ0) is 17.7. The fraction of sp³-hybridized carbons (Fsp3) is 0.176. The Kier molecular flexibility index (Phi) is 6.99. The SMILES string of the molecule is Cl.NC(N)=NC(=O)C(Cc1ccc(C(F)(F)F)cc1)c1ccccc1. The highest BCUT2D eigenvalue weighted by molar-refractivity contribution is 5.95. The highest BCUT2D eigenvalue weighted by atomic mass is 35.5. The molecular weight excluding hydrogens is 355 g/mol. The summed E-state index contributed by atoms with van der Waals surface area (Å²) in [6.07, 6.45) is -4.21. The Bertz CT molecular complexity index is 727. The summed E-state index contributed by atoms with van der Waals surface area (Å²) in [7, 11) is 0. The topological polar surface area (TPSA) is 81.5 Å². The standard InChI is InChI=1S/C17H16F3N3O.ClH/c18-17(19,20)13-8-6-11(7-9-13)10-14(15(24)23-16(21)22)12-4-2-1-3-5-12;/h1-9,14H,10H2,(H4,21,22,23,24);1H.